The summed E-state index contributed by atoms with van der Waals surface area (Å²) in [4.78, 5) is 10.8. The number of rotatable bonds is 5. The second-order valence-electron chi connectivity index (χ2n) is 4.17. The average molecular weight is 390 g/mol. The number of ether oxygens (including phenoxy) is 2. The molecule has 6 heteroatoms. The summed E-state index contributed by atoms with van der Waals surface area (Å²) >= 11 is 15.4. The van der Waals surface area contributed by atoms with Crippen LogP contribution in [-0.4, -0.2) is 13.4 Å². The van der Waals surface area contributed by atoms with E-state index < -0.39 is 0 Å². The first-order valence-corrected chi connectivity index (χ1v) is 7.49. The fourth-order valence-corrected chi connectivity index (χ4v) is 2.60. The maximum atomic E-state index is 10.8. The lowest BCUT2D eigenvalue weighted by Gasteiger charge is -2.12. The summed E-state index contributed by atoms with van der Waals surface area (Å²) in [5, 5.41) is 0.944. The molecule has 0 heterocycles. The van der Waals surface area contributed by atoms with Crippen molar-refractivity contribution >= 4 is 45.4 Å². The Bertz CT molecular complexity index is 674. The van der Waals surface area contributed by atoms with Crippen LogP contribution in [0.2, 0.25) is 10.0 Å². The SMILES string of the molecule is COc1ccc(C=O)cc1COc1cc(Cl)c(Br)cc1Cl. The Labute approximate surface area is 140 Å². The number of benzene rings is 2. The summed E-state index contributed by atoms with van der Waals surface area (Å²) in [6.07, 6.45) is 0.770. The van der Waals surface area contributed by atoms with Crippen molar-refractivity contribution in [2.24, 2.45) is 0 Å². The van der Waals surface area contributed by atoms with Crippen molar-refractivity contribution in [1.82, 2.24) is 0 Å². The fraction of sp³-hybridized carbons (Fsp3) is 0.133. The van der Waals surface area contributed by atoms with E-state index in [-0.39, 0.29) is 6.61 Å². The van der Waals surface area contributed by atoms with E-state index in [9.17, 15) is 4.79 Å². The first kappa shape index (κ1) is 16.1. The second-order valence-corrected chi connectivity index (χ2v) is 5.84. The van der Waals surface area contributed by atoms with E-state index in [4.69, 9.17) is 32.7 Å². The minimum absolute atomic E-state index is 0.211. The van der Waals surface area contributed by atoms with Crippen LogP contribution in [0.5, 0.6) is 11.5 Å². The normalized spacial score (nSPS) is 10.3. The molecule has 0 atom stereocenters. The molecular weight excluding hydrogens is 379 g/mol. The summed E-state index contributed by atoms with van der Waals surface area (Å²) in [5.41, 5.74) is 1.30. The number of hydrogen-bond acceptors (Lipinski definition) is 3. The standard InChI is InChI=1S/C15H11BrCl2O3/c1-20-14-3-2-9(7-19)4-10(14)8-21-15-6-12(17)11(16)5-13(15)18/h2-7H,8H2,1H3. The molecule has 21 heavy (non-hydrogen) atoms. The van der Waals surface area contributed by atoms with E-state index in [0.29, 0.717) is 31.6 Å². The molecule has 2 aromatic rings. The molecule has 0 aliphatic carbocycles. The molecule has 0 radical (unpaired) electrons. The van der Waals surface area contributed by atoms with Crippen LogP contribution in [0.25, 0.3) is 0 Å². The van der Waals surface area contributed by atoms with Gasteiger partial charge in [0.25, 0.3) is 0 Å². The lowest BCUT2D eigenvalue weighted by atomic mass is 10.1. The van der Waals surface area contributed by atoms with Gasteiger partial charge < -0.3 is 9.47 Å². The molecule has 0 aliphatic rings. The molecule has 0 bridgehead atoms. The Hall–Kier alpha value is -1.23. The Kier molecular flexibility index (Phi) is 5.51. The minimum Gasteiger partial charge on any atom is -0.496 e. The van der Waals surface area contributed by atoms with E-state index in [0.717, 1.165) is 11.8 Å². The van der Waals surface area contributed by atoms with E-state index in [1.165, 1.54) is 0 Å². The third-order valence-electron chi connectivity index (χ3n) is 2.80. The minimum atomic E-state index is 0.211. The van der Waals surface area contributed by atoms with Gasteiger partial charge in [0.2, 0.25) is 0 Å². The van der Waals surface area contributed by atoms with Gasteiger partial charge in [-0.2, -0.15) is 0 Å². The quantitative estimate of drug-likeness (QED) is 0.523. The van der Waals surface area contributed by atoms with Crippen molar-refractivity contribution in [2.45, 2.75) is 6.61 Å². The van der Waals surface area contributed by atoms with Crippen LogP contribution in [0.15, 0.2) is 34.8 Å². The average Bonchev–Trinajstić information content (AvgIpc) is 2.49. The van der Waals surface area contributed by atoms with Gasteiger partial charge in [-0.25, -0.2) is 0 Å². The summed E-state index contributed by atoms with van der Waals surface area (Å²) in [6, 6.07) is 8.40. The lowest BCUT2D eigenvalue weighted by molar-refractivity contribution is 0.112. The van der Waals surface area contributed by atoms with Crippen molar-refractivity contribution in [3.05, 3.63) is 56.0 Å². The molecule has 0 fully saturated rings. The smallest absolute Gasteiger partial charge is 0.150 e. The van der Waals surface area contributed by atoms with Crippen molar-refractivity contribution in [2.75, 3.05) is 7.11 Å². The third kappa shape index (κ3) is 3.90. The van der Waals surface area contributed by atoms with Gasteiger partial charge in [0.15, 0.2) is 0 Å². The second kappa shape index (κ2) is 7.16. The number of aldehydes is 1. The molecule has 0 saturated carbocycles. The predicted molar refractivity (Wildman–Crippen MR) is 86.9 cm³/mol. The molecular formula is C15H11BrCl2O3. The van der Waals surface area contributed by atoms with Gasteiger partial charge in [-0.3, -0.25) is 4.79 Å². The Morgan fingerprint density at radius 2 is 1.90 bits per heavy atom. The maximum absolute atomic E-state index is 10.8. The lowest BCUT2D eigenvalue weighted by Crippen LogP contribution is -2.00. The molecule has 0 aromatic heterocycles. The topological polar surface area (TPSA) is 35.5 Å². The van der Waals surface area contributed by atoms with Gasteiger partial charge in [0.1, 0.15) is 24.4 Å². The molecule has 0 spiro atoms. The van der Waals surface area contributed by atoms with Gasteiger partial charge in [0.05, 0.1) is 17.2 Å². The van der Waals surface area contributed by atoms with Crippen LogP contribution in [-0.2, 0) is 6.61 Å². The summed E-state index contributed by atoms with van der Waals surface area (Å²) < 4.78 is 11.6. The zero-order valence-corrected chi connectivity index (χ0v) is 14.1. The molecule has 2 aromatic carbocycles. The monoisotopic (exact) mass is 388 g/mol. The van der Waals surface area contributed by atoms with Gasteiger partial charge in [-0.1, -0.05) is 23.2 Å². The van der Waals surface area contributed by atoms with Crippen molar-refractivity contribution in [1.29, 1.82) is 0 Å². The number of carbonyl (C=O) groups excluding carboxylic acids is 1. The number of halogens is 3. The molecule has 0 amide bonds. The van der Waals surface area contributed by atoms with Crippen LogP contribution >= 0.6 is 39.1 Å². The van der Waals surface area contributed by atoms with E-state index in [2.05, 4.69) is 15.9 Å². The molecule has 0 aliphatic heterocycles. The fourth-order valence-electron chi connectivity index (χ4n) is 1.76. The molecule has 0 N–H and O–H groups in total. The highest BCUT2D eigenvalue weighted by molar-refractivity contribution is 9.10. The first-order valence-electron chi connectivity index (χ1n) is 5.94. The van der Waals surface area contributed by atoms with Gasteiger partial charge in [-0.05, 0) is 40.2 Å². The number of carbonyl (C=O) groups is 1. The zero-order valence-electron chi connectivity index (χ0n) is 11.0. The van der Waals surface area contributed by atoms with Crippen LogP contribution in [0.4, 0.5) is 0 Å². The zero-order chi connectivity index (χ0) is 15.4. The Morgan fingerprint density at radius 3 is 2.57 bits per heavy atom. The van der Waals surface area contributed by atoms with Gasteiger partial charge in [0, 0.05) is 21.7 Å². The van der Waals surface area contributed by atoms with E-state index >= 15 is 0 Å². The van der Waals surface area contributed by atoms with E-state index in [1.54, 1.807) is 37.4 Å². The molecule has 0 unspecified atom stereocenters. The maximum Gasteiger partial charge on any atom is 0.150 e. The van der Waals surface area contributed by atoms with Crippen molar-refractivity contribution < 1.29 is 14.3 Å². The van der Waals surface area contributed by atoms with Crippen LogP contribution in [0.3, 0.4) is 0 Å². The van der Waals surface area contributed by atoms with Crippen LogP contribution < -0.4 is 9.47 Å². The number of hydrogen-bond donors (Lipinski definition) is 0. The molecule has 0 saturated heterocycles. The van der Waals surface area contributed by atoms with E-state index in [1.807, 2.05) is 0 Å². The van der Waals surface area contributed by atoms with Crippen LogP contribution in [0.1, 0.15) is 15.9 Å². The molecule has 3 nitrogen and oxygen atoms in total. The highest BCUT2D eigenvalue weighted by Gasteiger charge is 2.10. The summed E-state index contributed by atoms with van der Waals surface area (Å²) in [7, 11) is 1.56. The summed E-state index contributed by atoms with van der Waals surface area (Å²) in [6.45, 7) is 0.211. The first-order chi connectivity index (χ1) is 10.0. The highest BCUT2D eigenvalue weighted by Crippen LogP contribution is 2.35. The highest BCUT2D eigenvalue weighted by atomic mass is 79.9. The molecule has 110 valence electrons. The van der Waals surface area contributed by atoms with Crippen molar-refractivity contribution in [3.63, 3.8) is 0 Å². The summed E-state index contributed by atoms with van der Waals surface area (Å²) in [5.74, 6) is 1.10. The van der Waals surface area contributed by atoms with Crippen LogP contribution in [0, 0.1) is 0 Å². The molecule has 2 rings (SSSR count). The van der Waals surface area contributed by atoms with Gasteiger partial charge in [-0.15, -0.1) is 0 Å². The third-order valence-corrected chi connectivity index (χ3v) is 4.29. The largest absolute Gasteiger partial charge is 0.496 e. The van der Waals surface area contributed by atoms with Crippen molar-refractivity contribution in [3.8, 4) is 11.5 Å². The predicted octanol–water partition coefficient (Wildman–Crippen LogP) is 5.16. The Balaban J connectivity index is 2.23. The Morgan fingerprint density at radius 1 is 1.14 bits per heavy atom. The van der Waals surface area contributed by atoms with Gasteiger partial charge >= 0.3 is 0 Å². The number of methoxy groups -OCH3 is 1.